The lowest BCUT2D eigenvalue weighted by Crippen LogP contribution is -2.28. The lowest BCUT2D eigenvalue weighted by Gasteiger charge is -2.24. The first-order valence-corrected chi connectivity index (χ1v) is 9.09. The van der Waals surface area contributed by atoms with Gasteiger partial charge >= 0.3 is 0 Å². The highest BCUT2D eigenvalue weighted by molar-refractivity contribution is 5.42. The molecule has 0 aliphatic rings. The summed E-state index contributed by atoms with van der Waals surface area (Å²) in [6.07, 6.45) is 5.32. The first-order valence-electron chi connectivity index (χ1n) is 9.09. The smallest absolute Gasteiger partial charge is 0.119 e. The number of aryl methyl sites for hydroxylation is 2. The average molecular weight is 322 g/mol. The first-order chi connectivity index (χ1) is 11.0. The third kappa shape index (κ3) is 6.52. The fraction of sp³-hybridized carbons (Fsp3) is 0.700. The second kappa shape index (κ2) is 10.7. The summed E-state index contributed by atoms with van der Waals surface area (Å²) >= 11 is 0. The van der Waals surface area contributed by atoms with Crippen LogP contribution in [0.1, 0.15) is 68.7 Å². The van der Waals surface area contributed by atoms with Crippen molar-refractivity contribution in [1.82, 2.24) is 4.90 Å². The highest BCUT2D eigenvalue weighted by atomic mass is 16.5. The van der Waals surface area contributed by atoms with Crippen LogP contribution in [0.15, 0.2) is 12.1 Å². The predicted molar refractivity (Wildman–Crippen MR) is 98.3 cm³/mol. The fourth-order valence-corrected chi connectivity index (χ4v) is 3.13. The molecule has 1 atom stereocenters. The Hall–Kier alpha value is -1.06. The number of hydrogen-bond acceptors (Lipinski definition) is 3. The molecule has 23 heavy (non-hydrogen) atoms. The maximum Gasteiger partial charge on any atom is 0.119 e. The van der Waals surface area contributed by atoms with E-state index in [2.05, 4.69) is 32.6 Å². The quantitative estimate of drug-likeness (QED) is 0.644. The molecule has 0 bridgehead atoms. The van der Waals surface area contributed by atoms with E-state index in [9.17, 15) is 5.11 Å². The average Bonchev–Trinajstić information content (AvgIpc) is 2.53. The molecule has 0 heterocycles. The fourth-order valence-electron chi connectivity index (χ4n) is 3.13. The molecule has 0 amide bonds. The summed E-state index contributed by atoms with van der Waals surface area (Å²) in [5.41, 5.74) is 3.29. The molecular weight excluding hydrogens is 286 g/mol. The Balaban J connectivity index is 2.68. The normalized spacial score (nSPS) is 12.7. The van der Waals surface area contributed by atoms with E-state index < -0.39 is 6.10 Å². The monoisotopic (exact) mass is 321 g/mol. The van der Waals surface area contributed by atoms with E-state index in [1.54, 1.807) is 7.11 Å². The predicted octanol–water partition coefficient (Wildman–Crippen LogP) is 4.64. The molecule has 3 heteroatoms. The van der Waals surface area contributed by atoms with E-state index in [1.807, 2.05) is 12.1 Å². The molecule has 0 saturated carbocycles. The molecular formula is C20H35NO2. The summed E-state index contributed by atoms with van der Waals surface area (Å²) in [6, 6.07) is 4.02. The maximum absolute atomic E-state index is 10.7. The van der Waals surface area contributed by atoms with Crippen molar-refractivity contribution < 1.29 is 9.84 Å². The number of hydrogen-bond donors (Lipinski definition) is 1. The van der Waals surface area contributed by atoms with Gasteiger partial charge in [0.2, 0.25) is 0 Å². The minimum Gasteiger partial charge on any atom is -0.497 e. The van der Waals surface area contributed by atoms with Gasteiger partial charge in [-0.15, -0.1) is 0 Å². The van der Waals surface area contributed by atoms with Gasteiger partial charge in [0.05, 0.1) is 13.2 Å². The minimum atomic E-state index is -0.397. The summed E-state index contributed by atoms with van der Waals surface area (Å²) in [6.45, 7) is 11.8. The van der Waals surface area contributed by atoms with Gasteiger partial charge in [-0.1, -0.05) is 26.7 Å². The van der Waals surface area contributed by atoms with Crippen molar-refractivity contribution in [3.8, 4) is 5.75 Å². The number of aliphatic hydroxyl groups excluding tert-OH is 1. The molecule has 0 aliphatic heterocycles. The number of ether oxygens (including phenoxy) is 1. The van der Waals surface area contributed by atoms with Crippen molar-refractivity contribution in [2.75, 3.05) is 26.7 Å². The number of aliphatic hydroxyl groups is 1. The molecule has 1 rings (SSSR count). The van der Waals surface area contributed by atoms with E-state index in [0.29, 0.717) is 0 Å². The Kier molecular flexibility index (Phi) is 9.27. The molecule has 1 N–H and O–H groups in total. The SMILES string of the molecule is CCCCN(CCCC)CCC(O)c1c(C)cc(OC)cc1C. The van der Waals surface area contributed by atoms with Crippen LogP contribution in [-0.2, 0) is 0 Å². The highest BCUT2D eigenvalue weighted by Gasteiger charge is 2.16. The van der Waals surface area contributed by atoms with Crippen LogP contribution in [0, 0.1) is 13.8 Å². The van der Waals surface area contributed by atoms with E-state index in [4.69, 9.17) is 4.74 Å². The van der Waals surface area contributed by atoms with E-state index in [-0.39, 0.29) is 0 Å². The molecule has 0 fully saturated rings. The second-order valence-electron chi connectivity index (χ2n) is 6.53. The van der Waals surface area contributed by atoms with Crippen LogP contribution in [0.2, 0.25) is 0 Å². The Bertz CT molecular complexity index is 428. The third-order valence-corrected chi connectivity index (χ3v) is 4.51. The third-order valence-electron chi connectivity index (χ3n) is 4.51. The molecule has 0 saturated heterocycles. The van der Waals surface area contributed by atoms with Gasteiger partial charge in [0, 0.05) is 6.54 Å². The van der Waals surface area contributed by atoms with E-state index in [1.165, 1.54) is 25.7 Å². The van der Waals surface area contributed by atoms with Crippen LogP contribution in [0.5, 0.6) is 5.75 Å². The lowest BCUT2D eigenvalue weighted by atomic mass is 9.95. The summed E-state index contributed by atoms with van der Waals surface area (Å²) in [4.78, 5) is 2.50. The van der Waals surface area contributed by atoms with Gasteiger partial charge in [0.15, 0.2) is 0 Å². The molecule has 132 valence electrons. The number of rotatable bonds is 11. The zero-order valence-corrected chi connectivity index (χ0v) is 15.7. The minimum absolute atomic E-state index is 0.397. The van der Waals surface area contributed by atoms with Gasteiger partial charge in [-0.05, 0) is 75.0 Å². The Morgan fingerprint density at radius 1 is 1.00 bits per heavy atom. The molecule has 0 aromatic heterocycles. The van der Waals surface area contributed by atoms with Gasteiger partial charge < -0.3 is 14.7 Å². The zero-order valence-electron chi connectivity index (χ0n) is 15.7. The summed E-state index contributed by atoms with van der Waals surface area (Å²) in [7, 11) is 1.68. The molecule has 1 unspecified atom stereocenters. The number of methoxy groups -OCH3 is 1. The standard InChI is InChI=1S/C20H35NO2/c1-6-8-11-21(12-9-7-2)13-10-19(22)20-16(3)14-18(23-5)15-17(20)4/h14-15,19,22H,6-13H2,1-5H3. The maximum atomic E-state index is 10.7. The van der Waals surface area contributed by atoms with Gasteiger partial charge in [0.25, 0.3) is 0 Å². The summed E-state index contributed by atoms with van der Waals surface area (Å²) in [5, 5.41) is 10.7. The van der Waals surface area contributed by atoms with Crippen LogP contribution in [0.4, 0.5) is 0 Å². The molecule has 1 aromatic carbocycles. The Morgan fingerprint density at radius 2 is 1.52 bits per heavy atom. The topological polar surface area (TPSA) is 32.7 Å². The van der Waals surface area contributed by atoms with Crippen LogP contribution < -0.4 is 4.74 Å². The van der Waals surface area contributed by atoms with Gasteiger partial charge in [-0.25, -0.2) is 0 Å². The van der Waals surface area contributed by atoms with Gasteiger partial charge in [-0.3, -0.25) is 0 Å². The summed E-state index contributed by atoms with van der Waals surface area (Å²) in [5.74, 6) is 0.864. The Labute approximate surface area is 142 Å². The van der Waals surface area contributed by atoms with Crippen molar-refractivity contribution in [1.29, 1.82) is 0 Å². The van der Waals surface area contributed by atoms with Crippen LogP contribution in [-0.4, -0.2) is 36.8 Å². The van der Waals surface area contributed by atoms with Crippen molar-refractivity contribution in [2.24, 2.45) is 0 Å². The van der Waals surface area contributed by atoms with Crippen molar-refractivity contribution in [3.05, 3.63) is 28.8 Å². The largest absolute Gasteiger partial charge is 0.497 e. The van der Waals surface area contributed by atoms with Gasteiger partial charge in [-0.2, -0.15) is 0 Å². The molecule has 1 aromatic rings. The number of nitrogens with zero attached hydrogens (tertiary/aromatic N) is 1. The zero-order chi connectivity index (χ0) is 17.2. The van der Waals surface area contributed by atoms with E-state index in [0.717, 1.165) is 48.5 Å². The van der Waals surface area contributed by atoms with Crippen molar-refractivity contribution >= 4 is 0 Å². The van der Waals surface area contributed by atoms with Gasteiger partial charge in [0.1, 0.15) is 5.75 Å². The van der Waals surface area contributed by atoms with Crippen LogP contribution in [0.25, 0.3) is 0 Å². The number of unbranched alkanes of at least 4 members (excludes halogenated alkanes) is 2. The van der Waals surface area contributed by atoms with E-state index >= 15 is 0 Å². The van der Waals surface area contributed by atoms with Crippen LogP contribution in [0.3, 0.4) is 0 Å². The lowest BCUT2D eigenvalue weighted by molar-refractivity contribution is 0.139. The first kappa shape index (κ1) is 20.0. The second-order valence-corrected chi connectivity index (χ2v) is 6.53. The van der Waals surface area contributed by atoms with Crippen LogP contribution >= 0.6 is 0 Å². The van der Waals surface area contributed by atoms with Crippen molar-refractivity contribution in [3.63, 3.8) is 0 Å². The molecule has 0 spiro atoms. The number of benzene rings is 1. The highest BCUT2D eigenvalue weighted by Crippen LogP contribution is 2.28. The molecule has 0 aliphatic carbocycles. The van der Waals surface area contributed by atoms with Crippen molar-refractivity contribution in [2.45, 2.75) is 65.9 Å². The molecule has 3 nitrogen and oxygen atoms in total. The Morgan fingerprint density at radius 3 is 1.96 bits per heavy atom. The summed E-state index contributed by atoms with van der Waals surface area (Å²) < 4.78 is 5.31. The molecule has 0 radical (unpaired) electrons.